The Bertz CT molecular complexity index is 581. The van der Waals surface area contributed by atoms with E-state index in [1.807, 2.05) is 29.2 Å². The molecule has 1 aliphatic rings. The highest BCUT2D eigenvalue weighted by Crippen LogP contribution is 2.20. The van der Waals surface area contributed by atoms with Gasteiger partial charge in [-0.05, 0) is 31.2 Å². The predicted octanol–water partition coefficient (Wildman–Crippen LogP) is 3.27. The number of ether oxygens (including phenoxy) is 1. The lowest BCUT2D eigenvalue weighted by molar-refractivity contribution is 0.0567. The third kappa shape index (κ3) is 3.27. The van der Waals surface area contributed by atoms with Crippen molar-refractivity contribution >= 4 is 5.91 Å². The molecule has 0 spiro atoms. The Kier molecular flexibility index (Phi) is 3.95. The summed E-state index contributed by atoms with van der Waals surface area (Å²) in [4.78, 5) is 14.0. The van der Waals surface area contributed by atoms with Crippen LogP contribution in [-0.4, -0.2) is 30.0 Å². The van der Waals surface area contributed by atoms with Crippen LogP contribution in [0.15, 0.2) is 47.1 Å². The Morgan fingerprint density at radius 3 is 2.52 bits per heavy atom. The second kappa shape index (κ2) is 6.04. The molecule has 1 saturated heterocycles. The van der Waals surface area contributed by atoms with Crippen molar-refractivity contribution in [3.05, 3.63) is 54.0 Å². The van der Waals surface area contributed by atoms with Gasteiger partial charge in [-0.3, -0.25) is 4.79 Å². The molecule has 1 aromatic heterocycles. The maximum absolute atomic E-state index is 12.2. The molecule has 4 nitrogen and oxygen atoms in total. The van der Waals surface area contributed by atoms with E-state index >= 15 is 0 Å². The van der Waals surface area contributed by atoms with E-state index in [2.05, 4.69) is 6.92 Å². The van der Waals surface area contributed by atoms with Gasteiger partial charge >= 0.3 is 0 Å². The summed E-state index contributed by atoms with van der Waals surface area (Å²) in [5, 5.41) is 0. The number of likely N-dealkylation sites (tertiary alicyclic amines) is 1. The quantitative estimate of drug-likeness (QED) is 0.869. The molecule has 1 aromatic carbocycles. The minimum Gasteiger partial charge on any atom is -0.490 e. The number of carbonyl (C=O) groups is 1. The lowest BCUT2D eigenvalue weighted by Crippen LogP contribution is -2.41. The smallest absolute Gasteiger partial charge is 0.289 e. The molecule has 2 heterocycles. The number of piperidine rings is 1. The summed E-state index contributed by atoms with van der Waals surface area (Å²) in [5.41, 5.74) is 1.22. The van der Waals surface area contributed by atoms with Crippen molar-refractivity contribution in [2.75, 3.05) is 13.1 Å². The number of furan rings is 1. The van der Waals surface area contributed by atoms with Crippen LogP contribution in [-0.2, 0) is 0 Å². The first kappa shape index (κ1) is 13.7. The highest BCUT2D eigenvalue weighted by atomic mass is 16.5. The van der Waals surface area contributed by atoms with Crippen molar-refractivity contribution in [1.82, 2.24) is 4.90 Å². The fourth-order valence-electron chi connectivity index (χ4n) is 2.54. The number of carbonyl (C=O) groups excluding carboxylic acids is 1. The zero-order chi connectivity index (χ0) is 14.7. The number of nitrogens with zero attached hydrogens (tertiary/aromatic N) is 1. The summed E-state index contributed by atoms with van der Waals surface area (Å²) < 4.78 is 11.1. The molecule has 3 rings (SSSR count). The molecule has 21 heavy (non-hydrogen) atoms. The van der Waals surface area contributed by atoms with E-state index in [0.29, 0.717) is 18.8 Å². The van der Waals surface area contributed by atoms with Gasteiger partial charge in [-0.1, -0.05) is 17.7 Å². The Balaban J connectivity index is 1.53. The SMILES string of the molecule is Cc1ccc(OC2CCN(C(=O)c3ccco3)CC2)cc1. The summed E-state index contributed by atoms with van der Waals surface area (Å²) in [6.07, 6.45) is 3.40. The maximum atomic E-state index is 12.2. The molecule has 0 N–H and O–H groups in total. The molecule has 0 aliphatic carbocycles. The van der Waals surface area contributed by atoms with Crippen LogP contribution in [0.3, 0.4) is 0 Å². The third-order valence-electron chi connectivity index (χ3n) is 3.78. The first-order valence-corrected chi connectivity index (χ1v) is 7.28. The summed E-state index contributed by atoms with van der Waals surface area (Å²) >= 11 is 0. The first-order chi connectivity index (χ1) is 10.2. The lowest BCUT2D eigenvalue weighted by Gasteiger charge is -2.31. The first-order valence-electron chi connectivity index (χ1n) is 7.28. The molecule has 1 fully saturated rings. The molecule has 0 bridgehead atoms. The van der Waals surface area contributed by atoms with Crippen molar-refractivity contribution in [3.63, 3.8) is 0 Å². The van der Waals surface area contributed by atoms with Gasteiger partial charge in [0.05, 0.1) is 6.26 Å². The van der Waals surface area contributed by atoms with Crippen LogP contribution in [0, 0.1) is 6.92 Å². The lowest BCUT2D eigenvalue weighted by atomic mass is 10.1. The molecule has 0 atom stereocenters. The van der Waals surface area contributed by atoms with E-state index in [-0.39, 0.29) is 12.0 Å². The van der Waals surface area contributed by atoms with Gasteiger partial charge in [-0.25, -0.2) is 0 Å². The van der Waals surface area contributed by atoms with Gasteiger partial charge in [0.2, 0.25) is 0 Å². The van der Waals surface area contributed by atoms with E-state index in [1.54, 1.807) is 12.1 Å². The van der Waals surface area contributed by atoms with E-state index in [4.69, 9.17) is 9.15 Å². The van der Waals surface area contributed by atoms with Crippen LogP contribution in [0.2, 0.25) is 0 Å². The van der Waals surface area contributed by atoms with E-state index < -0.39 is 0 Å². The highest BCUT2D eigenvalue weighted by Gasteiger charge is 2.25. The zero-order valence-corrected chi connectivity index (χ0v) is 12.1. The summed E-state index contributed by atoms with van der Waals surface area (Å²) in [6, 6.07) is 11.5. The van der Waals surface area contributed by atoms with Gasteiger partial charge < -0.3 is 14.1 Å². The minimum absolute atomic E-state index is 0.0335. The van der Waals surface area contributed by atoms with E-state index in [1.165, 1.54) is 11.8 Å². The van der Waals surface area contributed by atoms with E-state index in [9.17, 15) is 4.79 Å². The largest absolute Gasteiger partial charge is 0.490 e. The molecule has 2 aromatic rings. The Labute approximate surface area is 124 Å². The molecule has 1 aliphatic heterocycles. The second-order valence-corrected chi connectivity index (χ2v) is 5.40. The van der Waals surface area contributed by atoms with Crippen molar-refractivity contribution < 1.29 is 13.9 Å². The van der Waals surface area contributed by atoms with Gasteiger partial charge in [0.1, 0.15) is 11.9 Å². The van der Waals surface area contributed by atoms with Crippen LogP contribution in [0.1, 0.15) is 29.0 Å². The number of hydrogen-bond donors (Lipinski definition) is 0. The molecule has 110 valence electrons. The number of amides is 1. The van der Waals surface area contributed by atoms with Crippen LogP contribution < -0.4 is 4.74 Å². The van der Waals surface area contributed by atoms with Gasteiger partial charge in [0.15, 0.2) is 5.76 Å². The van der Waals surface area contributed by atoms with Crippen molar-refractivity contribution in [1.29, 1.82) is 0 Å². The topological polar surface area (TPSA) is 42.7 Å². The molecule has 0 unspecified atom stereocenters. The maximum Gasteiger partial charge on any atom is 0.289 e. The van der Waals surface area contributed by atoms with E-state index in [0.717, 1.165) is 18.6 Å². The summed E-state index contributed by atoms with van der Waals surface area (Å²) in [7, 11) is 0. The number of rotatable bonds is 3. The molecule has 0 radical (unpaired) electrons. The van der Waals surface area contributed by atoms with Gasteiger partial charge in [-0.15, -0.1) is 0 Å². The van der Waals surface area contributed by atoms with Crippen LogP contribution in [0.4, 0.5) is 0 Å². The molecule has 4 heteroatoms. The normalized spacial score (nSPS) is 16.0. The van der Waals surface area contributed by atoms with Crippen LogP contribution in [0.5, 0.6) is 5.75 Å². The Morgan fingerprint density at radius 1 is 1.19 bits per heavy atom. The van der Waals surface area contributed by atoms with Crippen LogP contribution >= 0.6 is 0 Å². The van der Waals surface area contributed by atoms with Gasteiger partial charge in [0, 0.05) is 25.9 Å². The molecule has 1 amide bonds. The Hall–Kier alpha value is -2.23. The molecular weight excluding hydrogens is 266 g/mol. The molecule has 0 saturated carbocycles. The third-order valence-corrected chi connectivity index (χ3v) is 3.78. The zero-order valence-electron chi connectivity index (χ0n) is 12.1. The fourth-order valence-corrected chi connectivity index (χ4v) is 2.54. The fraction of sp³-hybridized carbons (Fsp3) is 0.353. The second-order valence-electron chi connectivity index (χ2n) is 5.40. The number of benzene rings is 1. The Morgan fingerprint density at radius 2 is 1.90 bits per heavy atom. The van der Waals surface area contributed by atoms with Crippen LogP contribution in [0.25, 0.3) is 0 Å². The predicted molar refractivity (Wildman–Crippen MR) is 79.4 cm³/mol. The number of hydrogen-bond acceptors (Lipinski definition) is 3. The standard InChI is InChI=1S/C17H19NO3/c1-13-4-6-14(7-5-13)21-15-8-10-18(11-9-15)17(19)16-3-2-12-20-16/h2-7,12,15H,8-11H2,1H3. The monoisotopic (exact) mass is 285 g/mol. The van der Waals surface area contributed by atoms with Crippen molar-refractivity contribution in [2.24, 2.45) is 0 Å². The van der Waals surface area contributed by atoms with Gasteiger partial charge in [0.25, 0.3) is 5.91 Å². The summed E-state index contributed by atoms with van der Waals surface area (Å²) in [6.45, 7) is 3.47. The van der Waals surface area contributed by atoms with Crippen molar-refractivity contribution in [2.45, 2.75) is 25.9 Å². The number of aryl methyl sites for hydroxylation is 1. The highest BCUT2D eigenvalue weighted by molar-refractivity contribution is 5.91. The minimum atomic E-state index is -0.0335. The summed E-state index contributed by atoms with van der Waals surface area (Å²) in [5.74, 6) is 1.28. The van der Waals surface area contributed by atoms with Crippen molar-refractivity contribution in [3.8, 4) is 5.75 Å². The average molecular weight is 285 g/mol. The average Bonchev–Trinajstić information content (AvgIpc) is 3.04. The molecular formula is C17H19NO3. The van der Waals surface area contributed by atoms with Gasteiger partial charge in [-0.2, -0.15) is 0 Å².